The zero-order valence-electron chi connectivity index (χ0n) is 14.6. The van der Waals surface area contributed by atoms with Gasteiger partial charge in [-0.1, -0.05) is 26.0 Å². The molecule has 3 aromatic rings. The van der Waals surface area contributed by atoms with Crippen molar-refractivity contribution in [3.63, 3.8) is 0 Å². The maximum Gasteiger partial charge on any atom is 0.231 e. The van der Waals surface area contributed by atoms with E-state index in [-0.39, 0.29) is 12.7 Å². The lowest BCUT2D eigenvalue weighted by molar-refractivity contribution is 0.174. The van der Waals surface area contributed by atoms with Crippen molar-refractivity contribution in [1.29, 1.82) is 0 Å². The van der Waals surface area contributed by atoms with Crippen LogP contribution in [0.2, 0.25) is 0 Å². The Morgan fingerprint density at radius 1 is 1.08 bits per heavy atom. The van der Waals surface area contributed by atoms with E-state index in [4.69, 9.17) is 9.47 Å². The minimum atomic E-state index is 0.137. The lowest BCUT2D eigenvalue weighted by Crippen LogP contribution is -2.10. The number of aryl methyl sites for hydroxylation is 1. The van der Waals surface area contributed by atoms with Gasteiger partial charge in [0.15, 0.2) is 11.5 Å². The molecule has 0 fully saturated rings. The van der Waals surface area contributed by atoms with Crippen LogP contribution in [0.3, 0.4) is 0 Å². The van der Waals surface area contributed by atoms with Crippen molar-refractivity contribution in [3.05, 3.63) is 59.7 Å². The Labute approximate surface area is 147 Å². The molecule has 0 bridgehead atoms. The number of aromatic nitrogens is 3. The van der Waals surface area contributed by atoms with Gasteiger partial charge < -0.3 is 14.5 Å². The lowest BCUT2D eigenvalue weighted by Gasteiger charge is -2.21. The van der Waals surface area contributed by atoms with E-state index in [2.05, 4.69) is 40.9 Å². The first-order valence-electron chi connectivity index (χ1n) is 8.50. The molecule has 1 aliphatic heterocycles. The molecular weight excluding hydrogens is 314 g/mol. The summed E-state index contributed by atoms with van der Waals surface area (Å²) in [5.74, 6) is 2.10. The van der Waals surface area contributed by atoms with Crippen LogP contribution >= 0.6 is 0 Å². The molecule has 1 N–H and O–H groups in total. The lowest BCUT2D eigenvalue weighted by atomic mass is 9.84. The molecule has 0 saturated carbocycles. The molecule has 0 spiro atoms. The monoisotopic (exact) mass is 335 g/mol. The van der Waals surface area contributed by atoms with Gasteiger partial charge in [-0.3, -0.25) is 4.98 Å². The zero-order valence-corrected chi connectivity index (χ0v) is 14.6. The van der Waals surface area contributed by atoms with Crippen LogP contribution in [0, 0.1) is 12.8 Å². The summed E-state index contributed by atoms with van der Waals surface area (Å²) in [7, 11) is 0. The first-order chi connectivity index (χ1) is 12.1. The first kappa shape index (κ1) is 15.7. The molecule has 1 unspecified atom stereocenters. The largest absolute Gasteiger partial charge is 0.454 e. The van der Waals surface area contributed by atoms with E-state index >= 15 is 0 Å². The molecule has 25 heavy (non-hydrogen) atoms. The highest BCUT2D eigenvalue weighted by Crippen LogP contribution is 2.40. The standard InChI is InChI=1S/C20H21N3O2/c1-12(2)18(14-7-8-16-17(9-14)25-11-24-16)20-19(21-10-22-20)15-6-4-5-13(3)23-15/h4-10,12,18H,11H2,1-3H3,(H,21,22). The van der Waals surface area contributed by atoms with Crippen molar-refractivity contribution in [2.75, 3.05) is 6.79 Å². The van der Waals surface area contributed by atoms with E-state index in [0.717, 1.165) is 34.3 Å². The summed E-state index contributed by atoms with van der Waals surface area (Å²) in [5, 5.41) is 0. The average Bonchev–Trinajstić information content (AvgIpc) is 3.23. The van der Waals surface area contributed by atoms with Crippen molar-refractivity contribution < 1.29 is 9.47 Å². The normalized spacial score (nSPS) is 14.1. The van der Waals surface area contributed by atoms with Crippen LogP contribution in [-0.4, -0.2) is 21.7 Å². The van der Waals surface area contributed by atoms with Crippen LogP contribution in [0.25, 0.3) is 11.4 Å². The second-order valence-electron chi connectivity index (χ2n) is 6.66. The third-order valence-corrected chi connectivity index (χ3v) is 4.53. The number of nitrogens with zero attached hydrogens (tertiary/aromatic N) is 2. The van der Waals surface area contributed by atoms with E-state index < -0.39 is 0 Å². The third kappa shape index (κ3) is 2.86. The fraction of sp³-hybridized carbons (Fsp3) is 0.300. The topological polar surface area (TPSA) is 60.0 Å². The molecular formula is C20H21N3O2. The molecule has 5 heteroatoms. The van der Waals surface area contributed by atoms with Crippen molar-refractivity contribution >= 4 is 0 Å². The smallest absolute Gasteiger partial charge is 0.231 e. The van der Waals surface area contributed by atoms with Crippen molar-refractivity contribution in [2.45, 2.75) is 26.7 Å². The maximum absolute atomic E-state index is 5.55. The highest BCUT2D eigenvalue weighted by atomic mass is 16.7. The summed E-state index contributed by atoms with van der Waals surface area (Å²) < 4.78 is 11.0. The minimum Gasteiger partial charge on any atom is -0.454 e. The summed E-state index contributed by atoms with van der Waals surface area (Å²) >= 11 is 0. The minimum absolute atomic E-state index is 0.137. The van der Waals surface area contributed by atoms with Gasteiger partial charge in [0.25, 0.3) is 0 Å². The number of hydrogen-bond donors (Lipinski definition) is 1. The fourth-order valence-electron chi connectivity index (χ4n) is 3.39. The van der Waals surface area contributed by atoms with Gasteiger partial charge in [0.05, 0.1) is 23.4 Å². The number of imidazole rings is 1. The van der Waals surface area contributed by atoms with Crippen LogP contribution in [0.1, 0.15) is 36.7 Å². The number of fused-ring (bicyclic) bond motifs is 1. The van der Waals surface area contributed by atoms with E-state index in [0.29, 0.717) is 5.92 Å². The molecule has 2 aromatic heterocycles. The number of nitrogens with one attached hydrogen (secondary N) is 1. The van der Waals surface area contributed by atoms with E-state index in [1.54, 1.807) is 6.33 Å². The van der Waals surface area contributed by atoms with Gasteiger partial charge in [0.1, 0.15) is 0 Å². The number of rotatable bonds is 4. The summed E-state index contributed by atoms with van der Waals surface area (Å²) in [6.07, 6.45) is 1.75. The summed E-state index contributed by atoms with van der Waals surface area (Å²) in [4.78, 5) is 12.6. The number of pyridine rings is 1. The average molecular weight is 335 g/mol. The zero-order chi connectivity index (χ0) is 17.4. The van der Waals surface area contributed by atoms with Crippen molar-refractivity contribution in [2.24, 2.45) is 5.92 Å². The van der Waals surface area contributed by atoms with E-state index in [1.807, 2.05) is 31.2 Å². The fourth-order valence-corrected chi connectivity index (χ4v) is 3.39. The Balaban J connectivity index is 1.80. The number of aromatic amines is 1. The number of H-pyrrole nitrogens is 1. The molecule has 5 nitrogen and oxygen atoms in total. The predicted molar refractivity (Wildman–Crippen MR) is 95.8 cm³/mol. The number of ether oxygens (including phenoxy) is 2. The molecule has 128 valence electrons. The first-order valence-corrected chi connectivity index (χ1v) is 8.50. The van der Waals surface area contributed by atoms with E-state index in [1.165, 1.54) is 5.56 Å². The van der Waals surface area contributed by atoms with Crippen LogP contribution in [0.4, 0.5) is 0 Å². The molecule has 1 aromatic carbocycles. The van der Waals surface area contributed by atoms with Gasteiger partial charge in [0, 0.05) is 11.6 Å². The van der Waals surface area contributed by atoms with Gasteiger partial charge in [-0.05, 0) is 42.7 Å². The van der Waals surface area contributed by atoms with Gasteiger partial charge in [-0.2, -0.15) is 0 Å². The molecule has 0 saturated heterocycles. The highest BCUT2D eigenvalue weighted by Gasteiger charge is 2.26. The van der Waals surface area contributed by atoms with Crippen LogP contribution in [0.5, 0.6) is 11.5 Å². The highest BCUT2D eigenvalue weighted by molar-refractivity contribution is 5.60. The SMILES string of the molecule is Cc1cccc(-c2[nH]cnc2C(c2ccc3c(c2)OCO3)C(C)C)n1. The number of hydrogen-bond acceptors (Lipinski definition) is 4. The van der Waals surface area contributed by atoms with Gasteiger partial charge in [0.2, 0.25) is 6.79 Å². The second-order valence-corrected chi connectivity index (χ2v) is 6.66. The predicted octanol–water partition coefficient (Wildman–Crippen LogP) is 4.30. The Kier molecular flexibility index (Phi) is 3.92. The number of benzene rings is 1. The quantitative estimate of drug-likeness (QED) is 0.772. The van der Waals surface area contributed by atoms with Crippen LogP contribution in [-0.2, 0) is 0 Å². The van der Waals surface area contributed by atoms with Gasteiger partial charge >= 0.3 is 0 Å². The Bertz CT molecular complexity index is 901. The maximum atomic E-state index is 5.55. The van der Waals surface area contributed by atoms with Crippen molar-refractivity contribution in [3.8, 4) is 22.9 Å². The Morgan fingerprint density at radius 2 is 1.92 bits per heavy atom. The van der Waals surface area contributed by atoms with Crippen LogP contribution < -0.4 is 9.47 Å². The molecule has 0 amide bonds. The molecule has 0 aliphatic carbocycles. The summed E-state index contributed by atoms with van der Waals surface area (Å²) in [6, 6.07) is 12.2. The van der Waals surface area contributed by atoms with Gasteiger partial charge in [-0.25, -0.2) is 4.98 Å². The summed E-state index contributed by atoms with van der Waals surface area (Å²) in [5.41, 5.74) is 5.05. The van der Waals surface area contributed by atoms with Gasteiger partial charge in [-0.15, -0.1) is 0 Å². The van der Waals surface area contributed by atoms with E-state index in [9.17, 15) is 0 Å². The molecule has 4 rings (SSSR count). The Morgan fingerprint density at radius 3 is 2.72 bits per heavy atom. The Hall–Kier alpha value is -2.82. The molecule has 1 aliphatic rings. The van der Waals surface area contributed by atoms with Crippen LogP contribution in [0.15, 0.2) is 42.7 Å². The summed E-state index contributed by atoms with van der Waals surface area (Å²) in [6.45, 7) is 6.69. The third-order valence-electron chi connectivity index (χ3n) is 4.53. The molecule has 0 radical (unpaired) electrons. The molecule has 3 heterocycles. The van der Waals surface area contributed by atoms with Crippen molar-refractivity contribution in [1.82, 2.24) is 15.0 Å². The molecule has 1 atom stereocenters. The second kappa shape index (κ2) is 6.24.